The molecular formula is C16H20F2N2O4. The van der Waals surface area contributed by atoms with Crippen molar-refractivity contribution in [3.8, 4) is 5.75 Å². The topological polar surface area (TPSA) is 59.1 Å². The van der Waals surface area contributed by atoms with Crippen molar-refractivity contribution in [1.29, 1.82) is 0 Å². The highest BCUT2D eigenvalue weighted by Crippen LogP contribution is 2.29. The third-order valence-electron chi connectivity index (χ3n) is 3.41. The van der Waals surface area contributed by atoms with Crippen molar-refractivity contribution >= 4 is 17.7 Å². The van der Waals surface area contributed by atoms with Gasteiger partial charge in [0.15, 0.2) is 11.6 Å². The summed E-state index contributed by atoms with van der Waals surface area (Å²) in [5.41, 5.74) is -0.857. The minimum absolute atomic E-state index is 0.0424. The first kappa shape index (κ1) is 18.0. The molecule has 1 heterocycles. The molecule has 1 aliphatic rings. The highest BCUT2D eigenvalue weighted by atomic mass is 19.2. The van der Waals surface area contributed by atoms with Gasteiger partial charge in [-0.3, -0.25) is 9.69 Å². The second kappa shape index (κ2) is 6.62. The second-order valence-electron chi connectivity index (χ2n) is 6.36. The van der Waals surface area contributed by atoms with Crippen LogP contribution in [-0.4, -0.2) is 49.2 Å². The average Bonchev–Trinajstić information content (AvgIpc) is 2.48. The first-order chi connectivity index (χ1) is 11.1. The van der Waals surface area contributed by atoms with Gasteiger partial charge in [0, 0.05) is 13.1 Å². The van der Waals surface area contributed by atoms with Crippen LogP contribution in [0.3, 0.4) is 0 Å². The molecule has 24 heavy (non-hydrogen) atoms. The van der Waals surface area contributed by atoms with E-state index in [1.807, 2.05) is 0 Å². The molecule has 1 saturated heterocycles. The molecule has 0 radical (unpaired) electrons. The van der Waals surface area contributed by atoms with Gasteiger partial charge in [0.2, 0.25) is 11.7 Å². The van der Waals surface area contributed by atoms with Crippen molar-refractivity contribution in [1.82, 2.24) is 4.90 Å². The Morgan fingerprint density at radius 2 is 1.83 bits per heavy atom. The molecule has 132 valence electrons. The van der Waals surface area contributed by atoms with E-state index in [9.17, 15) is 18.4 Å². The number of benzene rings is 1. The Hall–Kier alpha value is -2.38. The molecule has 8 heteroatoms. The summed E-state index contributed by atoms with van der Waals surface area (Å²) in [7, 11) is 1.22. The van der Waals surface area contributed by atoms with Gasteiger partial charge in [-0.15, -0.1) is 0 Å². The molecule has 2 amide bonds. The largest absolute Gasteiger partial charge is 0.494 e. The van der Waals surface area contributed by atoms with Crippen molar-refractivity contribution in [3.05, 3.63) is 23.8 Å². The third kappa shape index (κ3) is 3.74. The van der Waals surface area contributed by atoms with Gasteiger partial charge in [-0.2, -0.15) is 4.39 Å². The quantitative estimate of drug-likeness (QED) is 0.829. The van der Waals surface area contributed by atoms with Crippen LogP contribution < -0.4 is 9.64 Å². The number of rotatable bonds is 2. The zero-order valence-electron chi connectivity index (χ0n) is 14.1. The molecular weight excluding hydrogens is 322 g/mol. The minimum Gasteiger partial charge on any atom is -0.494 e. The molecule has 1 fully saturated rings. The molecule has 1 aromatic rings. The molecule has 0 unspecified atom stereocenters. The number of methoxy groups -OCH3 is 1. The van der Waals surface area contributed by atoms with Crippen molar-refractivity contribution in [2.24, 2.45) is 0 Å². The van der Waals surface area contributed by atoms with E-state index >= 15 is 0 Å². The summed E-state index contributed by atoms with van der Waals surface area (Å²) in [6, 6.07) is 2.53. The smallest absolute Gasteiger partial charge is 0.410 e. The summed E-state index contributed by atoms with van der Waals surface area (Å²) in [5.74, 6) is -3.07. The highest BCUT2D eigenvalue weighted by Gasteiger charge is 2.32. The second-order valence-corrected chi connectivity index (χ2v) is 6.36. The summed E-state index contributed by atoms with van der Waals surface area (Å²) in [6.45, 7) is 5.10. The van der Waals surface area contributed by atoms with Crippen LogP contribution in [0.1, 0.15) is 20.8 Å². The summed E-state index contributed by atoms with van der Waals surface area (Å²) < 4.78 is 37.9. The van der Waals surface area contributed by atoms with Gasteiger partial charge in [-0.25, -0.2) is 9.18 Å². The van der Waals surface area contributed by atoms with E-state index in [-0.39, 0.29) is 31.1 Å². The molecule has 0 saturated carbocycles. The molecule has 0 bridgehead atoms. The zero-order valence-corrected chi connectivity index (χ0v) is 14.1. The molecule has 2 rings (SSSR count). The summed E-state index contributed by atoms with van der Waals surface area (Å²) in [5, 5.41) is 0. The number of carbonyl (C=O) groups is 2. The summed E-state index contributed by atoms with van der Waals surface area (Å²) >= 11 is 0. The zero-order chi connectivity index (χ0) is 18.1. The fourth-order valence-electron chi connectivity index (χ4n) is 2.30. The monoisotopic (exact) mass is 342 g/mol. The van der Waals surface area contributed by atoms with Crippen LogP contribution in [0.5, 0.6) is 5.75 Å². The number of anilines is 1. The standard InChI is InChI=1S/C16H20F2N2O4/c1-16(2,3)24-15(22)19-7-8-20(12(21)9-19)10-5-6-11(23-4)14(18)13(10)17/h5-6H,7-9H2,1-4H3. The van der Waals surface area contributed by atoms with Crippen molar-refractivity contribution in [2.45, 2.75) is 26.4 Å². The lowest BCUT2D eigenvalue weighted by Crippen LogP contribution is -2.53. The van der Waals surface area contributed by atoms with Crippen LogP contribution in [0, 0.1) is 11.6 Å². The Balaban J connectivity index is 2.14. The highest BCUT2D eigenvalue weighted by molar-refractivity contribution is 5.97. The Bertz CT molecular complexity index is 658. The van der Waals surface area contributed by atoms with Gasteiger partial charge in [-0.1, -0.05) is 0 Å². The van der Waals surface area contributed by atoms with Gasteiger partial charge in [0.1, 0.15) is 12.1 Å². The molecule has 1 aromatic carbocycles. The number of halogens is 2. The maximum Gasteiger partial charge on any atom is 0.410 e. The molecule has 6 nitrogen and oxygen atoms in total. The average molecular weight is 342 g/mol. The Labute approximate surface area is 138 Å². The first-order valence-electron chi connectivity index (χ1n) is 7.44. The maximum absolute atomic E-state index is 14.1. The van der Waals surface area contributed by atoms with Crippen molar-refractivity contribution in [2.75, 3.05) is 31.6 Å². The van der Waals surface area contributed by atoms with Gasteiger partial charge in [-0.05, 0) is 32.9 Å². The number of ether oxygens (including phenoxy) is 2. The Morgan fingerprint density at radius 1 is 1.17 bits per heavy atom. The third-order valence-corrected chi connectivity index (χ3v) is 3.41. The number of hydrogen-bond donors (Lipinski definition) is 0. The van der Waals surface area contributed by atoms with E-state index in [1.165, 1.54) is 24.1 Å². The van der Waals surface area contributed by atoms with Crippen LogP contribution in [0.2, 0.25) is 0 Å². The summed E-state index contributed by atoms with van der Waals surface area (Å²) in [4.78, 5) is 26.6. The van der Waals surface area contributed by atoms with E-state index in [0.717, 1.165) is 4.90 Å². The molecule has 1 aliphatic heterocycles. The maximum atomic E-state index is 14.1. The lowest BCUT2D eigenvalue weighted by molar-refractivity contribution is -0.121. The fourth-order valence-corrected chi connectivity index (χ4v) is 2.30. The number of amides is 2. The van der Waals surface area contributed by atoms with Crippen LogP contribution in [0.15, 0.2) is 12.1 Å². The Kier molecular flexibility index (Phi) is 4.96. The molecule has 0 atom stereocenters. The molecule has 0 spiro atoms. The number of nitrogens with zero attached hydrogens (tertiary/aromatic N) is 2. The van der Waals surface area contributed by atoms with Crippen LogP contribution in [0.25, 0.3) is 0 Å². The summed E-state index contributed by atoms with van der Waals surface area (Å²) in [6.07, 6.45) is -0.614. The molecule has 0 aromatic heterocycles. The van der Waals surface area contributed by atoms with E-state index in [0.29, 0.717) is 0 Å². The lowest BCUT2D eigenvalue weighted by Gasteiger charge is -2.35. The van der Waals surface area contributed by atoms with Crippen LogP contribution >= 0.6 is 0 Å². The minimum atomic E-state index is -1.16. The van der Waals surface area contributed by atoms with Crippen molar-refractivity contribution in [3.63, 3.8) is 0 Å². The SMILES string of the molecule is COc1ccc(N2CCN(C(=O)OC(C)(C)C)CC2=O)c(F)c1F. The number of piperazine rings is 1. The predicted molar refractivity (Wildman–Crippen MR) is 83.1 cm³/mol. The van der Waals surface area contributed by atoms with Crippen LogP contribution in [-0.2, 0) is 9.53 Å². The number of carbonyl (C=O) groups excluding carboxylic acids is 2. The van der Waals surface area contributed by atoms with Gasteiger partial charge >= 0.3 is 6.09 Å². The Morgan fingerprint density at radius 3 is 2.38 bits per heavy atom. The van der Waals surface area contributed by atoms with Crippen molar-refractivity contribution < 1.29 is 27.8 Å². The molecule has 0 N–H and O–H groups in total. The normalized spacial score (nSPS) is 15.5. The van der Waals surface area contributed by atoms with E-state index in [4.69, 9.17) is 9.47 Å². The van der Waals surface area contributed by atoms with E-state index in [1.54, 1.807) is 20.8 Å². The molecule has 0 aliphatic carbocycles. The number of hydrogen-bond acceptors (Lipinski definition) is 4. The van der Waals surface area contributed by atoms with Crippen LogP contribution in [0.4, 0.5) is 19.3 Å². The lowest BCUT2D eigenvalue weighted by atomic mass is 10.2. The fraction of sp³-hybridized carbons (Fsp3) is 0.500. The van der Waals surface area contributed by atoms with Gasteiger partial charge in [0.25, 0.3) is 0 Å². The van der Waals surface area contributed by atoms with Gasteiger partial charge in [0.05, 0.1) is 12.8 Å². The van der Waals surface area contributed by atoms with Gasteiger partial charge < -0.3 is 14.4 Å². The van der Waals surface area contributed by atoms with E-state index < -0.39 is 29.2 Å². The first-order valence-corrected chi connectivity index (χ1v) is 7.44. The predicted octanol–water partition coefficient (Wildman–Crippen LogP) is 2.56. The van der Waals surface area contributed by atoms with E-state index in [2.05, 4.69) is 0 Å².